The highest BCUT2D eigenvalue weighted by atomic mass is 19.1. The first kappa shape index (κ1) is 19.8. The van der Waals surface area contributed by atoms with Gasteiger partial charge in [-0.1, -0.05) is 31.0 Å². The smallest absolute Gasteiger partial charge is 0.326 e. The van der Waals surface area contributed by atoms with Gasteiger partial charge in [0.25, 0.3) is 11.8 Å². The van der Waals surface area contributed by atoms with Gasteiger partial charge in [-0.15, -0.1) is 0 Å². The summed E-state index contributed by atoms with van der Waals surface area (Å²) in [6.45, 7) is -1.08. The molecule has 8 nitrogen and oxygen atoms in total. The van der Waals surface area contributed by atoms with Crippen molar-refractivity contribution in [2.75, 3.05) is 20.2 Å². The Bertz CT molecular complexity index is 807. The number of imide groups is 1. The molecule has 1 heterocycles. The van der Waals surface area contributed by atoms with Gasteiger partial charge in [-0.05, 0) is 18.9 Å². The topological polar surface area (TPSA) is 96.0 Å². The fraction of sp³-hybridized carbons (Fsp3) is 0.474. The lowest BCUT2D eigenvalue weighted by Crippen LogP contribution is -2.44. The number of halogens is 1. The second-order valence-electron chi connectivity index (χ2n) is 7.11. The van der Waals surface area contributed by atoms with E-state index in [4.69, 9.17) is 4.74 Å². The molecular formula is C19H22FN3O5. The molecule has 0 unspecified atom stereocenters. The Balaban J connectivity index is 1.49. The van der Waals surface area contributed by atoms with E-state index in [0.29, 0.717) is 18.4 Å². The maximum Gasteiger partial charge on any atom is 0.326 e. The number of nitrogens with one attached hydrogen (secondary N) is 1. The zero-order valence-electron chi connectivity index (χ0n) is 15.6. The van der Waals surface area contributed by atoms with Gasteiger partial charge in [0.1, 0.15) is 17.9 Å². The van der Waals surface area contributed by atoms with Gasteiger partial charge >= 0.3 is 12.0 Å². The number of carbonyl (C=O) groups excluding carboxylic acids is 4. The minimum Gasteiger partial charge on any atom is -0.454 e. The lowest BCUT2D eigenvalue weighted by atomic mass is 9.98. The third-order valence-electron chi connectivity index (χ3n) is 5.14. The number of carbonyl (C=O) groups is 4. The number of nitrogens with zero attached hydrogens (tertiary/aromatic N) is 2. The van der Waals surface area contributed by atoms with Gasteiger partial charge in [0.2, 0.25) is 0 Å². The first-order valence-electron chi connectivity index (χ1n) is 9.09. The number of urea groups is 1. The van der Waals surface area contributed by atoms with Gasteiger partial charge in [0.15, 0.2) is 6.61 Å². The molecule has 2 fully saturated rings. The van der Waals surface area contributed by atoms with Crippen LogP contribution in [0.2, 0.25) is 0 Å². The monoisotopic (exact) mass is 391 g/mol. The van der Waals surface area contributed by atoms with Crippen molar-refractivity contribution in [3.63, 3.8) is 0 Å². The van der Waals surface area contributed by atoms with E-state index in [1.807, 2.05) is 0 Å². The van der Waals surface area contributed by atoms with E-state index in [0.717, 1.165) is 17.7 Å². The first-order valence-corrected chi connectivity index (χ1v) is 9.09. The van der Waals surface area contributed by atoms with Crippen molar-refractivity contribution in [2.45, 2.75) is 37.8 Å². The molecule has 1 aromatic carbocycles. The maximum atomic E-state index is 13.7. The van der Waals surface area contributed by atoms with Gasteiger partial charge in [-0.2, -0.15) is 0 Å². The van der Waals surface area contributed by atoms with E-state index in [1.165, 1.54) is 18.0 Å². The van der Waals surface area contributed by atoms with Crippen LogP contribution < -0.4 is 5.32 Å². The van der Waals surface area contributed by atoms with E-state index in [1.54, 1.807) is 18.2 Å². The summed E-state index contributed by atoms with van der Waals surface area (Å²) in [5, 5.41) is 2.67. The molecule has 0 bridgehead atoms. The number of benzene rings is 1. The Kier molecular flexibility index (Phi) is 5.62. The van der Waals surface area contributed by atoms with Crippen LogP contribution in [0, 0.1) is 5.82 Å². The van der Waals surface area contributed by atoms with Crippen LogP contribution in [0.1, 0.15) is 31.2 Å². The molecule has 1 saturated carbocycles. The van der Waals surface area contributed by atoms with E-state index in [9.17, 15) is 23.6 Å². The molecule has 0 atom stereocenters. The number of likely N-dealkylation sites (N-methyl/N-ethyl adjacent to an activating group) is 1. The summed E-state index contributed by atoms with van der Waals surface area (Å²) < 4.78 is 18.6. The molecule has 150 valence electrons. The summed E-state index contributed by atoms with van der Waals surface area (Å²) in [6, 6.07) is 5.44. The predicted molar refractivity (Wildman–Crippen MR) is 95.3 cm³/mol. The van der Waals surface area contributed by atoms with Crippen LogP contribution in [0.25, 0.3) is 0 Å². The summed E-state index contributed by atoms with van der Waals surface area (Å²) in [6.07, 6.45) is 2.80. The second kappa shape index (κ2) is 7.95. The summed E-state index contributed by atoms with van der Waals surface area (Å²) >= 11 is 0. The zero-order chi connectivity index (χ0) is 20.3. The van der Waals surface area contributed by atoms with Crippen LogP contribution >= 0.6 is 0 Å². The molecule has 1 N–H and O–H groups in total. The molecule has 0 aromatic heterocycles. The third-order valence-corrected chi connectivity index (χ3v) is 5.14. The number of esters is 1. The van der Waals surface area contributed by atoms with Gasteiger partial charge in [0.05, 0.1) is 0 Å². The Hall–Kier alpha value is -2.97. The highest BCUT2D eigenvalue weighted by Crippen LogP contribution is 2.34. The molecule has 1 aliphatic heterocycles. The quantitative estimate of drug-likeness (QED) is 0.581. The maximum absolute atomic E-state index is 13.7. The van der Waals surface area contributed by atoms with Gasteiger partial charge in [-0.3, -0.25) is 19.3 Å². The summed E-state index contributed by atoms with van der Waals surface area (Å²) in [7, 11) is 1.46. The Morgan fingerprint density at radius 2 is 1.93 bits per heavy atom. The Morgan fingerprint density at radius 3 is 2.61 bits per heavy atom. The van der Waals surface area contributed by atoms with Crippen molar-refractivity contribution in [3.05, 3.63) is 35.6 Å². The SMILES string of the molecule is CN(Cc1ccccc1F)C(=O)COC(=O)CN1C(=O)NC2(CCCC2)C1=O. The molecule has 9 heteroatoms. The number of amides is 4. The Morgan fingerprint density at radius 1 is 1.25 bits per heavy atom. The predicted octanol–water partition coefficient (Wildman–Crippen LogP) is 1.19. The van der Waals surface area contributed by atoms with Gasteiger partial charge < -0.3 is 15.0 Å². The Labute approximate surface area is 161 Å². The molecule has 1 saturated heterocycles. The molecule has 1 aliphatic carbocycles. The van der Waals surface area contributed by atoms with Crippen molar-refractivity contribution in [2.24, 2.45) is 0 Å². The number of rotatable bonds is 6. The van der Waals surface area contributed by atoms with E-state index >= 15 is 0 Å². The lowest BCUT2D eigenvalue weighted by molar-refractivity contribution is -0.153. The number of hydrogen-bond acceptors (Lipinski definition) is 5. The molecular weight excluding hydrogens is 369 g/mol. The van der Waals surface area contributed by atoms with E-state index in [-0.39, 0.29) is 6.54 Å². The molecule has 0 radical (unpaired) electrons. The van der Waals surface area contributed by atoms with Crippen LogP contribution in [0.5, 0.6) is 0 Å². The van der Waals surface area contributed by atoms with Crippen LogP contribution in [0.3, 0.4) is 0 Å². The molecule has 1 spiro atoms. The van der Waals surface area contributed by atoms with E-state index in [2.05, 4.69) is 5.32 Å². The second-order valence-corrected chi connectivity index (χ2v) is 7.11. The lowest BCUT2D eigenvalue weighted by Gasteiger charge is -2.20. The van der Waals surface area contributed by atoms with Crippen molar-refractivity contribution in [1.29, 1.82) is 0 Å². The molecule has 3 rings (SSSR count). The molecule has 28 heavy (non-hydrogen) atoms. The molecule has 1 aromatic rings. The number of hydrogen-bond donors (Lipinski definition) is 1. The van der Waals surface area contributed by atoms with Crippen molar-refractivity contribution < 1.29 is 28.3 Å². The minimum atomic E-state index is -0.896. The van der Waals surface area contributed by atoms with Crippen LogP contribution in [0.4, 0.5) is 9.18 Å². The fourth-order valence-electron chi connectivity index (χ4n) is 3.53. The largest absolute Gasteiger partial charge is 0.454 e. The van der Waals surface area contributed by atoms with Crippen molar-refractivity contribution in [1.82, 2.24) is 15.1 Å². The first-order chi connectivity index (χ1) is 13.3. The molecule has 2 aliphatic rings. The normalized spacial score (nSPS) is 17.7. The van der Waals surface area contributed by atoms with Crippen LogP contribution in [-0.2, 0) is 25.7 Å². The van der Waals surface area contributed by atoms with Gasteiger partial charge in [-0.25, -0.2) is 9.18 Å². The van der Waals surface area contributed by atoms with Crippen LogP contribution in [0.15, 0.2) is 24.3 Å². The van der Waals surface area contributed by atoms with Crippen molar-refractivity contribution >= 4 is 23.8 Å². The highest BCUT2D eigenvalue weighted by Gasteiger charge is 2.52. The zero-order valence-corrected chi connectivity index (χ0v) is 15.6. The molecule has 4 amide bonds. The summed E-state index contributed by atoms with van der Waals surface area (Å²) in [5.41, 5.74) is -0.557. The van der Waals surface area contributed by atoms with Crippen LogP contribution in [-0.4, -0.2) is 59.4 Å². The number of ether oxygens (including phenoxy) is 1. The van der Waals surface area contributed by atoms with Gasteiger partial charge in [0, 0.05) is 19.2 Å². The minimum absolute atomic E-state index is 0.0264. The highest BCUT2D eigenvalue weighted by molar-refractivity contribution is 6.08. The average molecular weight is 391 g/mol. The standard InChI is InChI=1S/C19H22FN3O5/c1-22(10-13-6-2-3-7-14(13)20)15(24)12-28-16(25)11-23-17(26)19(21-18(23)27)8-4-5-9-19/h2-3,6-7H,4-5,8-12H2,1H3,(H,21,27). The summed E-state index contributed by atoms with van der Waals surface area (Å²) in [5.74, 6) is -2.24. The third kappa shape index (κ3) is 3.97. The van der Waals surface area contributed by atoms with Crippen molar-refractivity contribution in [3.8, 4) is 0 Å². The summed E-state index contributed by atoms with van der Waals surface area (Å²) in [4.78, 5) is 50.7. The van der Waals surface area contributed by atoms with E-state index < -0.39 is 48.3 Å². The average Bonchev–Trinajstić information content (AvgIpc) is 3.22. The fourth-order valence-corrected chi connectivity index (χ4v) is 3.53.